The molecule has 1 aliphatic carbocycles. The normalized spacial score (nSPS) is 28.1. The summed E-state index contributed by atoms with van der Waals surface area (Å²) in [7, 11) is -3.09. The second-order valence-electron chi connectivity index (χ2n) is 8.43. The highest BCUT2D eigenvalue weighted by molar-refractivity contribution is 7.88. The molecule has 1 aromatic rings. The van der Waals surface area contributed by atoms with E-state index < -0.39 is 10.0 Å². The molecule has 7 heteroatoms. The van der Waals surface area contributed by atoms with Gasteiger partial charge in [0.2, 0.25) is 10.0 Å². The molecule has 1 saturated carbocycles. The van der Waals surface area contributed by atoms with Crippen molar-refractivity contribution in [2.45, 2.75) is 63.3 Å². The Hall–Kier alpha value is -0.920. The van der Waals surface area contributed by atoms with Gasteiger partial charge in [-0.25, -0.2) is 12.7 Å². The van der Waals surface area contributed by atoms with Gasteiger partial charge in [-0.1, -0.05) is 12.8 Å². The van der Waals surface area contributed by atoms with Crippen molar-refractivity contribution < 1.29 is 13.2 Å². The van der Waals surface area contributed by atoms with E-state index in [1.165, 1.54) is 36.8 Å². The fourth-order valence-corrected chi connectivity index (χ4v) is 7.12. The maximum atomic E-state index is 13.2. The molecule has 0 N–H and O–H groups in total. The number of nitrogens with zero attached hydrogens (tertiary/aromatic N) is 2. The van der Waals surface area contributed by atoms with Crippen LogP contribution in [0.15, 0.2) is 11.4 Å². The molecule has 0 aromatic carbocycles. The van der Waals surface area contributed by atoms with E-state index in [9.17, 15) is 13.2 Å². The summed E-state index contributed by atoms with van der Waals surface area (Å²) in [5.74, 6) is 1.29. The van der Waals surface area contributed by atoms with Crippen LogP contribution >= 0.6 is 11.3 Å². The number of carbonyl (C=O) groups excluding carboxylic acids is 1. The number of thiophene rings is 1. The van der Waals surface area contributed by atoms with Crippen LogP contribution in [0.4, 0.5) is 0 Å². The molecule has 1 aromatic heterocycles. The van der Waals surface area contributed by atoms with E-state index in [4.69, 9.17) is 0 Å². The molecule has 4 rings (SSSR count). The fraction of sp³-hybridized carbons (Fsp3) is 0.750. The highest BCUT2D eigenvalue weighted by atomic mass is 32.2. The zero-order chi connectivity index (χ0) is 19.0. The summed E-state index contributed by atoms with van der Waals surface area (Å²) in [4.78, 5) is 16.6. The van der Waals surface area contributed by atoms with Crippen LogP contribution in [0.2, 0.25) is 0 Å². The largest absolute Gasteiger partial charge is 0.335 e. The van der Waals surface area contributed by atoms with Crippen LogP contribution in [0.3, 0.4) is 0 Å². The minimum atomic E-state index is -3.09. The molecule has 3 fully saturated rings. The smallest absolute Gasteiger partial charge is 0.254 e. The maximum Gasteiger partial charge on any atom is 0.254 e. The van der Waals surface area contributed by atoms with Crippen LogP contribution in [0.5, 0.6) is 0 Å². The lowest BCUT2D eigenvalue weighted by Crippen LogP contribution is -2.49. The van der Waals surface area contributed by atoms with E-state index in [2.05, 4.69) is 11.0 Å². The minimum absolute atomic E-state index is 0.211. The van der Waals surface area contributed by atoms with Crippen LogP contribution in [-0.4, -0.2) is 55.5 Å². The van der Waals surface area contributed by atoms with Crippen molar-refractivity contribution in [1.29, 1.82) is 0 Å². The predicted molar refractivity (Wildman–Crippen MR) is 109 cm³/mol. The van der Waals surface area contributed by atoms with Crippen LogP contribution in [0.1, 0.15) is 72.5 Å². The molecule has 2 saturated heterocycles. The van der Waals surface area contributed by atoms with Crippen molar-refractivity contribution in [2.75, 3.05) is 25.9 Å². The van der Waals surface area contributed by atoms with Crippen molar-refractivity contribution in [3.63, 3.8) is 0 Å². The first-order valence-corrected chi connectivity index (χ1v) is 13.0. The van der Waals surface area contributed by atoms with Gasteiger partial charge in [-0.2, -0.15) is 0 Å². The number of sulfonamides is 1. The van der Waals surface area contributed by atoms with E-state index in [0.29, 0.717) is 31.0 Å². The summed E-state index contributed by atoms with van der Waals surface area (Å²) < 4.78 is 25.0. The van der Waals surface area contributed by atoms with Crippen LogP contribution in [0, 0.1) is 5.92 Å². The highest BCUT2D eigenvalue weighted by Gasteiger charge is 2.36. The van der Waals surface area contributed by atoms with Crippen molar-refractivity contribution >= 4 is 27.3 Å². The van der Waals surface area contributed by atoms with Crippen LogP contribution in [-0.2, 0) is 10.0 Å². The molecule has 2 atom stereocenters. The standard InChI is InChI=1S/C20H30N2O3S2/c1-27(24,25)21-11-8-16(9-12-21)19-13-17(14-26-19)20(23)22-10-4-6-15-5-2-3-7-18(15)22/h13-16,18H,2-12H2,1H3/t15-,18-/m0/s1. The molecule has 0 bridgehead atoms. The number of rotatable bonds is 3. The van der Waals surface area contributed by atoms with Crippen molar-refractivity contribution in [3.8, 4) is 0 Å². The number of likely N-dealkylation sites (tertiary alicyclic amines) is 1. The van der Waals surface area contributed by atoms with Crippen molar-refractivity contribution in [2.24, 2.45) is 5.92 Å². The Kier molecular flexibility index (Phi) is 5.63. The molecule has 150 valence electrons. The third-order valence-electron chi connectivity index (χ3n) is 6.70. The number of hydrogen-bond acceptors (Lipinski definition) is 4. The molecule has 0 spiro atoms. The molecule has 0 unspecified atom stereocenters. The third-order valence-corrected chi connectivity index (χ3v) is 9.09. The summed E-state index contributed by atoms with van der Waals surface area (Å²) in [5.41, 5.74) is 0.840. The molecule has 3 heterocycles. The van der Waals surface area contributed by atoms with Gasteiger partial charge >= 0.3 is 0 Å². The van der Waals surface area contributed by atoms with Gasteiger partial charge in [0.15, 0.2) is 0 Å². The first-order chi connectivity index (χ1) is 12.9. The van der Waals surface area contributed by atoms with Gasteiger partial charge in [0.05, 0.1) is 11.8 Å². The number of fused-ring (bicyclic) bond motifs is 1. The molecule has 3 aliphatic rings. The monoisotopic (exact) mass is 410 g/mol. The van der Waals surface area contributed by atoms with Gasteiger partial charge in [-0.15, -0.1) is 11.3 Å². The zero-order valence-corrected chi connectivity index (χ0v) is 17.7. The molecular weight excluding hydrogens is 380 g/mol. The van der Waals surface area contributed by atoms with Crippen molar-refractivity contribution in [3.05, 3.63) is 21.9 Å². The molecule has 1 amide bonds. The van der Waals surface area contributed by atoms with Crippen LogP contribution < -0.4 is 0 Å². The van der Waals surface area contributed by atoms with E-state index in [0.717, 1.165) is 37.8 Å². The number of piperidine rings is 2. The van der Waals surface area contributed by atoms with E-state index in [1.807, 2.05) is 5.38 Å². The van der Waals surface area contributed by atoms with Gasteiger partial charge in [0, 0.05) is 35.9 Å². The van der Waals surface area contributed by atoms with Crippen LogP contribution in [0.25, 0.3) is 0 Å². The maximum absolute atomic E-state index is 13.2. The number of hydrogen-bond donors (Lipinski definition) is 0. The summed E-state index contributed by atoms with van der Waals surface area (Å²) in [6, 6.07) is 2.53. The average molecular weight is 411 g/mol. The van der Waals surface area contributed by atoms with Gasteiger partial charge in [0.1, 0.15) is 0 Å². The van der Waals surface area contributed by atoms with Gasteiger partial charge in [-0.05, 0) is 56.4 Å². The number of carbonyl (C=O) groups is 1. The van der Waals surface area contributed by atoms with Crippen molar-refractivity contribution in [1.82, 2.24) is 9.21 Å². The Morgan fingerprint density at radius 1 is 1.04 bits per heavy atom. The first kappa shape index (κ1) is 19.4. The SMILES string of the molecule is CS(=O)(=O)N1CCC(c2cc(C(=O)N3CCC[C@@H]4CCCC[C@@H]43)cs2)CC1. The van der Waals surface area contributed by atoms with Gasteiger partial charge in [0.25, 0.3) is 5.91 Å². The second-order valence-corrected chi connectivity index (χ2v) is 11.4. The lowest BCUT2D eigenvalue weighted by atomic mass is 9.78. The average Bonchev–Trinajstić information content (AvgIpc) is 3.16. The third kappa shape index (κ3) is 4.10. The first-order valence-electron chi connectivity index (χ1n) is 10.3. The predicted octanol–water partition coefficient (Wildman–Crippen LogP) is 3.68. The zero-order valence-electron chi connectivity index (χ0n) is 16.1. The van der Waals surface area contributed by atoms with E-state index in [1.54, 1.807) is 15.6 Å². The summed E-state index contributed by atoms with van der Waals surface area (Å²) in [6.45, 7) is 2.07. The Bertz CT molecular complexity index is 779. The topological polar surface area (TPSA) is 57.7 Å². The summed E-state index contributed by atoms with van der Waals surface area (Å²) in [5, 5.41) is 2.02. The quantitative estimate of drug-likeness (QED) is 0.764. The lowest BCUT2D eigenvalue weighted by Gasteiger charge is -2.44. The summed E-state index contributed by atoms with van der Waals surface area (Å²) in [6.07, 6.45) is 10.4. The van der Waals surface area contributed by atoms with E-state index in [-0.39, 0.29) is 5.91 Å². The lowest BCUT2D eigenvalue weighted by molar-refractivity contribution is 0.0391. The van der Waals surface area contributed by atoms with Gasteiger partial charge in [-0.3, -0.25) is 4.79 Å². The minimum Gasteiger partial charge on any atom is -0.335 e. The Labute approximate surface area is 166 Å². The molecule has 27 heavy (non-hydrogen) atoms. The number of amides is 1. The Morgan fingerprint density at radius 2 is 1.74 bits per heavy atom. The summed E-state index contributed by atoms with van der Waals surface area (Å²) >= 11 is 1.67. The molecule has 5 nitrogen and oxygen atoms in total. The molecule has 0 radical (unpaired) electrons. The highest BCUT2D eigenvalue weighted by Crippen LogP contribution is 2.37. The van der Waals surface area contributed by atoms with E-state index >= 15 is 0 Å². The van der Waals surface area contributed by atoms with Gasteiger partial charge < -0.3 is 4.90 Å². The second kappa shape index (κ2) is 7.84. The Balaban J connectivity index is 1.42. The fourth-order valence-electron chi connectivity index (χ4n) is 5.19. The Morgan fingerprint density at radius 3 is 2.48 bits per heavy atom. The molecular formula is C20H30N2O3S2. The molecule has 2 aliphatic heterocycles.